The fraction of sp³-hybridized carbons (Fsp3) is 0.348. The number of likely N-dealkylation sites (tertiary alicyclic amines) is 1. The Morgan fingerprint density at radius 3 is 2.52 bits per heavy atom. The normalized spacial score (nSPS) is 16.5. The van der Waals surface area contributed by atoms with Gasteiger partial charge in [-0.05, 0) is 62.2 Å². The van der Waals surface area contributed by atoms with Gasteiger partial charge in [-0.25, -0.2) is 0 Å². The van der Waals surface area contributed by atoms with Crippen molar-refractivity contribution in [2.24, 2.45) is 0 Å². The number of rotatable bonds is 6. The van der Waals surface area contributed by atoms with Crippen molar-refractivity contribution in [1.82, 2.24) is 19.7 Å². The molecule has 2 aromatic carbocycles. The molecule has 1 aromatic heterocycles. The van der Waals surface area contributed by atoms with E-state index in [9.17, 15) is 14.9 Å². The van der Waals surface area contributed by atoms with Crippen LogP contribution in [0.15, 0.2) is 48.5 Å². The molecule has 2 N–H and O–H groups in total. The Kier molecular flexibility index (Phi) is 5.67. The number of aromatic nitrogens is 3. The molecule has 33 heavy (non-hydrogen) atoms. The minimum atomic E-state index is -0.463. The third-order valence-corrected chi connectivity index (χ3v) is 6.57. The van der Waals surface area contributed by atoms with Gasteiger partial charge in [-0.2, -0.15) is 5.10 Å². The van der Waals surface area contributed by atoms with Crippen molar-refractivity contribution < 1.29 is 9.72 Å². The van der Waals surface area contributed by atoms with Gasteiger partial charge in [0.25, 0.3) is 11.6 Å². The highest BCUT2D eigenvalue weighted by Gasteiger charge is 2.33. The molecule has 0 unspecified atom stereocenters. The lowest BCUT2D eigenvalue weighted by molar-refractivity contribution is -0.383. The smallest absolute Gasteiger partial charge is 0.293 e. The quantitative estimate of drug-likeness (QED) is 0.304. The molecule has 2 fully saturated rings. The van der Waals surface area contributed by atoms with E-state index in [4.69, 9.17) is 12.2 Å². The second kappa shape index (κ2) is 8.78. The number of nitro benzene ring substituents is 1. The number of hydrogen-bond donors (Lipinski definition) is 2. The first-order valence-corrected chi connectivity index (χ1v) is 11.5. The number of para-hydroxylation sites is 1. The highest BCUT2D eigenvalue weighted by molar-refractivity contribution is 7.71. The second-order valence-corrected chi connectivity index (χ2v) is 8.92. The highest BCUT2D eigenvalue weighted by atomic mass is 32.1. The summed E-state index contributed by atoms with van der Waals surface area (Å²) >= 11 is 5.39. The average Bonchev–Trinajstić information content (AvgIpc) is 3.60. The first-order chi connectivity index (χ1) is 16.0. The van der Waals surface area contributed by atoms with Crippen LogP contribution in [0.2, 0.25) is 0 Å². The number of H-pyrrole nitrogens is 1. The zero-order chi connectivity index (χ0) is 22.9. The zero-order valence-corrected chi connectivity index (χ0v) is 18.8. The molecule has 9 nitrogen and oxygen atoms in total. The number of benzene rings is 2. The SMILES string of the molecule is O=C(c1ccc(Nc2ccccc2)c([N+](=O)[O-])c1)N1CCC(c2n[nH]c(=S)n2C2CC2)CC1. The van der Waals surface area contributed by atoms with Gasteiger partial charge < -0.3 is 14.8 Å². The van der Waals surface area contributed by atoms with E-state index in [0.29, 0.717) is 35.2 Å². The standard InChI is InChI=1S/C23H24N6O3S/c30-22(16-6-9-19(20(14-16)29(31)32)24-17-4-2-1-3-5-17)27-12-10-15(11-13-27)21-25-26-23(33)28(21)18-7-8-18/h1-6,9,14-15,18,24H,7-8,10-13H2,(H,26,33). The van der Waals surface area contributed by atoms with E-state index in [1.807, 2.05) is 30.3 Å². The van der Waals surface area contributed by atoms with Crippen LogP contribution in [0.5, 0.6) is 0 Å². The van der Waals surface area contributed by atoms with Crippen LogP contribution in [-0.2, 0) is 0 Å². The van der Waals surface area contributed by atoms with Gasteiger partial charge in [-0.1, -0.05) is 18.2 Å². The number of nitrogens with zero attached hydrogens (tertiary/aromatic N) is 4. The molecule has 1 saturated carbocycles. The number of aromatic amines is 1. The van der Waals surface area contributed by atoms with Crippen molar-refractivity contribution in [3.8, 4) is 0 Å². The fourth-order valence-corrected chi connectivity index (χ4v) is 4.70. The van der Waals surface area contributed by atoms with Crippen LogP contribution in [0.4, 0.5) is 17.1 Å². The molecule has 1 amide bonds. The molecule has 2 heterocycles. The Hall–Kier alpha value is -3.53. The molecule has 2 aliphatic rings. The molecule has 5 rings (SSSR count). The van der Waals surface area contributed by atoms with Crippen molar-refractivity contribution in [3.05, 3.63) is 74.8 Å². The lowest BCUT2D eigenvalue weighted by Crippen LogP contribution is -2.38. The second-order valence-electron chi connectivity index (χ2n) is 8.53. The van der Waals surface area contributed by atoms with Crippen LogP contribution in [0.3, 0.4) is 0 Å². The Bertz CT molecular complexity index is 1240. The Morgan fingerprint density at radius 2 is 1.85 bits per heavy atom. The van der Waals surface area contributed by atoms with Crippen LogP contribution in [-0.4, -0.2) is 43.6 Å². The summed E-state index contributed by atoms with van der Waals surface area (Å²) in [6, 6.07) is 14.3. The first-order valence-electron chi connectivity index (χ1n) is 11.1. The van der Waals surface area contributed by atoms with Crippen molar-refractivity contribution in [3.63, 3.8) is 0 Å². The summed E-state index contributed by atoms with van der Waals surface area (Å²) in [5, 5.41) is 22.1. The van der Waals surface area contributed by atoms with Crippen LogP contribution < -0.4 is 5.32 Å². The molecule has 0 spiro atoms. The largest absolute Gasteiger partial charge is 0.350 e. The molecule has 0 bridgehead atoms. The minimum absolute atomic E-state index is 0.125. The number of carbonyl (C=O) groups is 1. The number of amides is 1. The summed E-state index contributed by atoms with van der Waals surface area (Å²) in [4.78, 5) is 26.1. The van der Waals surface area contributed by atoms with Crippen molar-refractivity contribution in [2.75, 3.05) is 18.4 Å². The number of nitro groups is 1. The van der Waals surface area contributed by atoms with Crippen molar-refractivity contribution in [1.29, 1.82) is 0 Å². The van der Waals surface area contributed by atoms with E-state index in [-0.39, 0.29) is 17.5 Å². The number of hydrogen-bond acceptors (Lipinski definition) is 6. The van der Waals surface area contributed by atoms with Gasteiger partial charge in [0.1, 0.15) is 11.5 Å². The monoisotopic (exact) mass is 464 g/mol. The Balaban J connectivity index is 1.29. The predicted octanol–water partition coefficient (Wildman–Crippen LogP) is 4.95. The van der Waals surface area contributed by atoms with Crippen LogP contribution >= 0.6 is 12.2 Å². The molecular formula is C23H24N6O3S. The number of piperidine rings is 1. The minimum Gasteiger partial charge on any atom is -0.350 e. The molecule has 1 saturated heterocycles. The van der Waals surface area contributed by atoms with E-state index < -0.39 is 4.92 Å². The number of anilines is 2. The summed E-state index contributed by atoms with van der Waals surface area (Å²) in [5.41, 5.74) is 1.29. The molecular weight excluding hydrogens is 440 g/mol. The maximum atomic E-state index is 13.1. The fourth-order valence-electron chi connectivity index (χ4n) is 4.41. The first kappa shape index (κ1) is 21.3. The van der Waals surface area contributed by atoms with E-state index in [0.717, 1.165) is 37.2 Å². The van der Waals surface area contributed by atoms with Crippen LogP contribution in [0.1, 0.15) is 53.8 Å². The number of carbonyl (C=O) groups excluding carboxylic acids is 1. The molecule has 3 aromatic rings. The summed E-state index contributed by atoms with van der Waals surface area (Å²) in [7, 11) is 0. The molecule has 170 valence electrons. The molecule has 0 radical (unpaired) electrons. The molecule has 1 aliphatic heterocycles. The maximum absolute atomic E-state index is 13.1. The van der Waals surface area contributed by atoms with Gasteiger partial charge in [0.2, 0.25) is 0 Å². The predicted molar refractivity (Wildman–Crippen MR) is 126 cm³/mol. The van der Waals surface area contributed by atoms with Crippen molar-refractivity contribution in [2.45, 2.75) is 37.6 Å². The molecule has 10 heteroatoms. The van der Waals surface area contributed by atoms with Gasteiger partial charge >= 0.3 is 0 Å². The van der Waals surface area contributed by atoms with E-state index in [1.165, 1.54) is 6.07 Å². The van der Waals surface area contributed by atoms with Crippen molar-refractivity contribution >= 4 is 35.2 Å². The topological polar surface area (TPSA) is 109 Å². The summed E-state index contributed by atoms with van der Waals surface area (Å²) in [5.74, 6) is 1.04. The third-order valence-electron chi connectivity index (χ3n) is 6.29. The lowest BCUT2D eigenvalue weighted by Gasteiger charge is -2.31. The van der Waals surface area contributed by atoms with E-state index >= 15 is 0 Å². The summed E-state index contributed by atoms with van der Waals surface area (Å²) in [6.07, 6.45) is 3.83. The lowest BCUT2D eigenvalue weighted by atomic mass is 9.95. The van der Waals surface area contributed by atoms with Gasteiger partial charge in [0, 0.05) is 42.4 Å². The zero-order valence-electron chi connectivity index (χ0n) is 17.9. The van der Waals surface area contributed by atoms with Gasteiger partial charge in [-0.3, -0.25) is 20.0 Å². The third kappa shape index (κ3) is 4.38. The van der Waals surface area contributed by atoms with Crippen LogP contribution in [0, 0.1) is 14.9 Å². The number of nitrogens with one attached hydrogen (secondary N) is 2. The Labute approximate surface area is 195 Å². The van der Waals surface area contributed by atoms with E-state index in [2.05, 4.69) is 20.1 Å². The summed E-state index contributed by atoms with van der Waals surface area (Å²) in [6.45, 7) is 1.15. The summed E-state index contributed by atoms with van der Waals surface area (Å²) < 4.78 is 2.81. The highest BCUT2D eigenvalue weighted by Crippen LogP contribution is 2.39. The van der Waals surface area contributed by atoms with Crippen LogP contribution in [0.25, 0.3) is 0 Å². The van der Waals surface area contributed by atoms with Gasteiger partial charge in [0.05, 0.1) is 4.92 Å². The maximum Gasteiger partial charge on any atom is 0.293 e. The van der Waals surface area contributed by atoms with Gasteiger partial charge in [-0.15, -0.1) is 0 Å². The molecule has 1 aliphatic carbocycles. The average molecular weight is 465 g/mol. The Morgan fingerprint density at radius 1 is 1.12 bits per heavy atom. The van der Waals surface area contributed by atoms with Gasteiger partial charge in [0.15, 0.2) is 4.77 Å². The molecule has 0 atom stereocenters. The van der Waals surface area contributed by atoms with E-state index in [1.54, 1.807) is 17.0 Å².